The molecule has 1 fully saturated rings. The molecule has 0 spiro atoms. The van der Waals surface area contributed by atoms with Gasteiger partial charge in [0.1, 0.15) is 11.9 Å². The number of aromatic nitrogens is 3. The Morgan fingerprint density at radius 2 is 2.32 bits per heavy atom. The molecule has 2 aliphatic rings. The SMILES string of the molecule is CCO[C@@H]1C[C@@H](NC(=O)NCc2nnc3n2CCC3)[C@H]1OC. The first-order valence-corrected chi connectivity index (χ1v) is 7.82. The molecule has 1 aliphatic heterocycles. The number of hydrogen-bond donors (Lipinski definition) is 2. The molecule has 2 heterocycles. The van der Waals surface area contributed by atoms with Gasteiger partial charge in [-0.3, -0.25) is 0 Å². The molecule has 2 amide bonds. The Morgan fingerprint density at radius 3 is 3.09 bits per heavy atom. The van der Waals surface area contributed by atoms with Crippen molar-refractivity contribution in [3.05, 3.63) is 11.6 Å². The third-order valence-corrected chi connectivity index (χ3v) is 4.31. The number of carbonyl (C=O) groups is 1. The Bertz CT molecular complexity index is 533. The molecule has 122 valence electrons. The molecule has 0 aromatic carbocycles. The van der Waals surface area contributed by atoms with Crippen LogP contribution < -0.4 is 10.6 Å². The minimum absolute atomic E-state index is 0.00864. The Hall–Kier alpha value is -1.67. The minimum atomic E-state index is -0.211. The van der Waals surface area contributed by atoms with Gasteiger partial charge in [-0.25, -0.2) is 4.79 Å². The van der Waals surface area contributed by atoms with Gasteiger partial charge >= 0.3 is 6.03 Å². The molecule has 3 atom stereocenters. The molecule has 1 aliphatic carbocycles. The van der Waals surface area contributed by atoms with Crippen LogP contribution in [0.3, 0.4) is 0 Å². The second kappa shape index (κ2) is 6.62. The molecule has 8 heteroatoms. The highest BCUT2D eigenvalue weighted by Gasteiger charge is 2.42. The quantitative estimate of drug-likeness (QED) is 0.784. The van der Waals surface area contributed by atoms with Crippen LogP contribution in [0.2, 0.25) is 0 Å². The lowest BCUT2D eigenvalue weighted by Crippen LogP contribution is -2.62. The molecule has 8 nitrogen and oxygen atoms in total. The average Bonchev–Trinajstić information content (AvgIpc) is 3.08. The number of urea groups is 1. The van der Waals surface area contributed by atoms with E-state index in [1.165, 1.54) is 0 Å². The van der Waals surface area contributed by atoms with Crippen molar-refractivity contribution < 1.29 is 14.3 Å². The topological polar surface area (TPSA) is 90.3 Å². The van der Waals surface area contributed by atoms with E-state index in [0.717, 1.165) is 37.5 Å². The maximum atomic E-state index is 12.0. The van der Waals surface area contributed by atoms with Gasteiger partial charge in [-0.05, 0) is 19.8 Å². The van der Waals surface area contributed by atoms with E-state index < -0.39 is 0 Å². The number of methoxy groups -OCH3 is 1. The summed E-state index contributed by atoms with van der Waals surface area (Å²) in [5.41, 5.74) is 0. The van der Waals surface area contributed by atoms with E-state index >= 15 is 0 Å². The Balaban J connectivity index is 1.45. The minimum Gasteiger partial charge on any atom is -0.377 e. The Labute approximate surface area is 129 Å². The molecular formula is C14H23N5O3. The van der Waals surface area contributed by atoms with Gasteiger partial charge < -0.3 is 24.7 Å². The van der Waals surface area contributed by atoms with E-state index in [0.29, 0.717) is 13.2 Å². The van der Waals surface area contributed by atoms with Gasteiger partial charge in [0, 0.05) is 26.7 Å². The van der Waals surface area contributed by atoms with Crippen LogP contribution in [-0.4, -0.2) is 52.8 Å². The third kappa shape index (κ3) is 2.93. The molecule has 1 aromatic heterocycles. The van der Waals surface area contributed by atoms with Crippen LogP contribution in [0.15, 0.2) is 0 Å². The first kappa shape index (κ1) is 15.2. The molecule has 0 saturated heterocycles. The fourth-order valence-corrected chi connectivity index (χ4v) is 3.14. The zero-order valence-corrected chi connectivity index (χ0v) is 13.0. The Kier molecular flexibility index (Phi) is 4.58. The first-order chi connectivity index (χ1) is 10.7. The van der Waals surface area contributed by atoms with Gasteiger partial charge in [0.2, 0.25) is 0 Å². The van der Waals surface area contributed by atoms with E-state index in [2.05, 4.69) is 25.4 Å². The lowest BCUT2D eigenvalue weighted by atomic mass is 9.85. The van der Waals surface area contributed by atoms with Gasteiger partial charge in [-0.2, -0.15) is 0 Å². The first-order valence-electron chi connectivity index (χ1n) is 7.82. The molecule has 2 N–H and O–H groups in total. The molecule has 0 radical (unpaired) electrons. The van der Waals surface area contributed by atoms with Crippen LogP contribution in [0.25, 0.3) is 0 Å². The third-order valence-electron chi connectivity index (χ3n) is 4.31. The van der Waals surface area contributed by atoms with Gasteiger partial charge in [-0.15, -0.1) is 10.2 Å². The number of fused-ring (bicyclic) bond motifs is 1. The van der Waals surface area contributed by atoms with Crippen LogP contribution in [0.1, 0.15) is 31.4 Å². The number of hydrogen-bond acceptors (Lipinski definition) is 5. The summed E-state index contributed by atoms with van der Waals surface area (Å²) in [6.07, 6.45) is 2.83. The monoisotopic (exact) mass is 309 g/mol. The zero-order valence-electron chi connectivity index (χ0n) is 13.0. The summed E-state index contributed by atoms with van der Waals surface area (Å²) >= 11 is 0. The van der Waals surface area contributed by atoms with Crippen LogP contribution in [0.5, 0.6) is 0 Å². The zero-order chi connectivity index (χ0) is 15.5. The molecule has 3 rings (SSSR count). The van der Waals surface area contributed by atoms with Gasteiger partial charge in [0.25, 0.3) is 0 Å². The standard InChI is InChI=1S/C14H23N5O3/c1-3-22-10-7-9(13(10)21-2)16-14(20)15-8-12-18-17-11-5-4-6-19(11)12/h9-10,13H,3-8H2,1-2H3,(H2,15,16,20)/t9-,10-,13-/m1/s1. The van der Waals surface area contributed by atoms with Crippen LogP contribution in [-0.2, 0) is 29.0 Å². The lowest BCUT2D eigenvalue weighted by molar-refractivity contribution is -0.128. The van der Waals surface area contributed by atoms with E-state index in [-0.39, 0.29) is 24.3 Å². The fourth-order valence-electron chi connectivity index (χ4n) is 3.14. The number of rotatable bonds is 6. The number of carbonyl (C=O) groups excluding carboxylic acids is 1. The smallest absolute Gasteiger partial charge is 0.315 e. The second-order valence-corrected chi connectivity index (χ2v) is 5.65. The normalized spacial score (nSPS) is 26.4. The average molecular weight is 309 g/mol. The number of aryl methyl sites for hydroxylation is 1. The van der Waals surface area contributed by atoms with Crippen LogP contribution >= 0.6 is 0 Å². The van der Waals surface area contributed by atoms with E-state index in [4.69, 9.17) is 9.47 Å². The lowest BCUT2D eigenvalue weighted by Gasteiger charge is -2.43. The summed E-state index contributed by atoms with van der Waals surface area (Å²) < 4.78 is 13.0. The van der Waals surface area contributed by atoms with Gasteiger partial charge in [-0.1, -0.05) is 0 Å². The van der Waals surface area contributed by atoms with Crippen molar-refractivity contribution in [2.75, 3.05) is 13.7 Å². The molecule has 1 saturated carbocycles. The van der Waals surface area contributed by atoms with Crippen molar-refractivity contribution >= 4 is 6.03 Å². The fraction of sp³-hybridized carbons (Fsp3) is 0.786. The summed E-state index contributed by atoms with van der Waals surface area (Å²) in [6, 6.07) is -0.219. The largest absolute Gasteiger partial charge is 0.377 e. The van der Waals surface area contributed by atoms with Crippen molar-refractivity contribution in [2.45, 2.75) is 57.5 Å². The molecule has 0 unspecified atom stereocenters. The maximum absolute atomic E-state index is 12.0. The second-order valence-electron chi connectivity index (χ2n) is 5.65. The van der Waals surface area contributed by atoms with Crippen LogP contribution in [0, 0.1) is 0 Å². The summed E-state index contributed by atoms with van der Waals surface area (Å²) in [4.78, 5) is 12.0. The van der Waals surface area contributed by atoms with Crippen molar-refractivity contribution in [1.29, 1.82) is 0 Å². The van der Waals surface area contributed by atoms with Crippen molar-refractivity contribution in [3.8, 4) is 0 Å². The van der Waals surface area contributed by atoms with Crippen molar-refractivity contribution in [3.63, 3.8) is 0 Å². The molecule has 1 aromatic rings. The summed E-state index contributed by atoms with van der Waals surface area (Å²) in [5, 5.41) is 14.0. The summed E-state index contributed by atoms with van der Waals surface area (Å²) in [5.74, 6) is 1.82. The predicted octanol–water partition coefficient (Wildman–Crippen LogP) is 0.216. The number of nitrogens with one attached hydrogen (secondary N) is 2. The highest BCUT2D eigenvalue weighted by molar-refractivity contribution is 5.74. The molecule has 0 bridgehead atoms. The maximum Gasteiger partial charge on any atom is 0.315 e. The van der Waals surface area contributed by atoms with Crippen LogP contribution in [0.4, 0.5) is 4.79 Å². The predicted molar refractivity (Wildman–Crippen MR) is 78.3 cm³/mol. The number of amides is 2. The molecular weight excluding hydrogens is 286 g/mol. The Morgan fingerprint density at radius 1 is 1.45 bits per heavy atom. The summed E-state index contributed by atoms with van der Waals surface area (Å²) in [6.45, 7) is 3.93. The van der Waals surface area contributed by atoms with Gasteiger partial charge in [0.05, 0.1) is 18.7 Å². The highest BCUT2D eigenvalue weighted by Crippen LogP contribution is 2.26. The van der Waals surface area contributed by atoms with Gasteiger partial charge in [0.15, 0.2) is 5.82 Å². The number of ether oxygens (including phenoxy) is 2. The number of nitrogens with zero attached hydrogens (tertiary/aromatic N) is 3. The van der Waals surface area contributed by atoms with E-state index in [1.54, 1.807) is 7.11 Å². The van der Waals surface area contributed by atoms with Crippen molar-refractivity contribution in [1.82, 2.24) is 25.4 Å². The van der Waals surface area contributed by atoms with E-state index in [1.807, 2.05) is 6.92 Å². The van der Waals surface area contributed by atoms with Crippen molar-refractivity contribution in [2.24, 2.45) is 0 Å². The summed E-state index contributed by atoms with van der Waals surface area (Å²) in [7, 11) is 1.64. The highest BCUT2D eigenvalue weighted by atomic mass is 16.5. The van der Waals surface area contributed by atoms with E-state index in [9.17, 15) is 4.79 Å². The molecule has 22 heavy (non-hydrogen) atoms.